The molecule has 0 bridgehead atoms. The maximum Gasteiger partial charge on any atom is 0.355 e. The Morgan fingerprint density at radius 3 is 2.47 bits per heavy atom. The number of carbonyl (C=O) groups excluding carboxylic acids is 1. The Kier molecular flexibility index (Phi) is 8.14. The van der Waals surface area contributed by atoms with Gasteiger partial charge in [-0.25, -0.2) is 23.1 Å². The fraction of sp³-hybridized carbons (Fsp3) is 0.364. The van der Waals surface area contributed by atoms with Crippen molar-refractivity contribution in [2.75, 3.05) is 24.5 Å². The molecule has 5 rings (SSSR count). The average Bonchev–Trinajstić information content (AvgIpc) is 2.96. The van der Waals surface area contributed by atoms with E-state index in [1.54, 1.807) is 29.3 Å². The third-order valence-corrected chi connectivity index (χ3v) is 8.02. The summed E-state index contributed by atoms with van der Waals surface area (Å²) in [6, 6.07) is 7.48. The van der Waals surface area contributed by atoms with Crippen LogP contribution >= 0.6 is 0 Å². The molecule has 1 aliphatic heterocycles. The van der Waals surface area contributed by atoms with Crippen molar-refractivity contribution in [2.24, 2.45) is 0 Å². The number of amides is 1. The monoisotopic (exact) mass is 586 g/mol. The minimum atomic E-state index is -0.729. The number of aromatic nitrogens is 4. The number of rotatable bonds is 6. The number of fused-ring (bicyclic) bond motifs is 1. The van der Waals surface area contributed by atoms with Crippen molar-refractivity contribution in [3.63, 3.8) is 0 Å². The van der Waals surface area contributed by atoms with Crippen LogP contribution in [0.1, 0.15) is 63.3 Å². The fourth-order valence-electron chi connectivity index (χ4n) is 5.86. The molecule has 4 aromatic rings. The smallest absolute Gasteiger partial charge is 0.350 e. The van der Waals surface area contributed by atoms with Gasteiger partial charge in [-0.3, -0.25) is 9.78 Å². The van der Waals surface area contributed by atoms with Gasteiger partial charge in [-0.2, -0.15) is 4.98 Å². The van der Waals surface area contributed by atoms with Gasteiger partial charge in [0.1, 0.15) is 23.1 Å². The summed E-state index contributed by atoms with van der Waals surface area (Å²) in [5.41, 5.74) is 1.97. The predicted octanol–water partition coefficient (Wildman–Crippen LogP) is 5.90. The van der Waals surface area contributed by atoms with Gasteiger partial charge in [0, 0.05) is 37.4 Å². The van der Waals surface area contributed by atoms with E-state index in [1.807, 2.05) is 46.4 Å². The highest BCUT2D eigenvalue weighted by molar-refractivity contribution is 5.91. The van der Waals surface area contributed by atoms with Crippen LogP contribution in [0.5, 0.6) is 0 Å². The van der Waals surface area contributed by atoms with Crippen LogP contribution in [-0.4, -0.2) is 56.0 Å². The van der Waals surface area contributed by atoms with Crippen LogP contribution in [-0.2, 0) is 4.79 Å². The highest BCUT2D eigenvalue weighted by Crippen LogP contribution is 2.36. The molecule has 1 aliphatic rings. The molecule has 1 amide bonds. The van der Waals surface area contributed by atoms with Gasteiger partial charge in [0.25, 0.3) is 0 Å². The van der Waals surface area contributed by atoms with Crippen molar-refractivity contribution in [1.29, 1.82) is 0 Å². The molecule has 1 fully saturated rings. The zero-order valence-electron chi connectivity index (χ0n) is 25.4. The van der Waals surface area contributed by atoms with Crippen LogP contribution in [0.3, 0.4) is 0 Å². The molecule has 0 spiro atoms. The van der Waals surface area contributed by atoms with Crippen molar-refractivity contribution in [3.8, 4) is 16.9 Å². The number of hydrogen-bond donors (Lipinski definition) is 0. The molecule has 4 heterocycles. The van der Waals surface area contributed by atoms with E-state index >= 15 is 8.78 Å². The minimum absolute atomic E-state index is 0.0500. The third-order valence-electron chi connectivity index (χ3n) is 8.02. The van der Waals surface area contributed by atoms with Crippen LogP contribution in [0.15, 0.2) is 54.0 Å². The topological polar surface area (TPSA) is 84.2 Å². The largest absolute Gasteiger partial charge is 0.355 e. The van der Waals surface area contributed by atoms with E-state index in [0.29, 0.717) is 42.0 Å². The Hall–Kier alpha value is -4.47. The lowest BCUT2D eigenvalue weighted by Crippen LogP contribution is -2.54. The van der Waals surface area contributed by atoms with E-state index in [2.05, 4.69) is 16.5 Å². The number of aryl methyl sites for hydroxylation is 1. The summed E-state index contributed by atoms with van der Waals surface area (Å²) in [7, 11) is 0. The second-order valence-electron chi connectivity index (χ2n) is 11.6. The lowest BCUT2D eigenvalue weighted by molar-refractivity contribution is -0.126. The number of hydrogen-bond acceptors (Lipinski definition) is 6. The van der Waals surface area contributed by atoms with Crippen LogP contribution < -0.4 is 10.6 Å². The van der Waals surface area contributed by atoms with E-state index < -0.39 is 17.3 Å². The van der Waals surface area contributed by atoms with Crippen molar-refractivity contribution >= 4 is 22.8 Å². The van der Waals surface area contributed by atoms with E-state index in [9.17, 15) is 9.59 Å². The van der Waals surface area contributed by atoms with E-state index in [0.717, 1.165) is 5.56 Å². The number of anilines is 1. The van der Waals surface area contributed by atoms with E-state index in [-0.39, 0.29) is 46.5 Å². The molecule has 0 N–H and O–H groups in total. The molecule has 1 saturated heterocycles. The second kappa shape index (κ2) is 11.7. The zero-order chi connectivity index (χ0) is 31.2. The first kappa shape index (κ1) is 30.0. The maximum atomic E-state index is 16.2. The maximum absolute atomic E-state index is 16.2. The minimum Gasteiger partial charge on any atom is -0.350 e. The highest BCUT2D eigenvalue weighted by atomic mass is 19.1. The molecule has 0 saturated carbocycles. The van der Waals surface area contributed by atoms with Gasteiger partial charge in [-0.1, -0.05) is 46.4 Å². The van der Waals surface area contributed by atoms with Gasteiger partial charge in [0.15, 0.2) is 5.65 Å². The molecule has 3 aromatic heterocycles. The summed E-state index contributed by atoms with van der Waals surface area (Å²) in [5, 5.41) is 0.302. The van der Waals surface area contributed by atoms with Gasteiger partial charge < -0.3 is 9.80 Å². The fourth-order valence-corrected chi connectivity index (χ4v) is 5.86. The quantitative estimate of drug-likeness (QED) is 0.262. The lowest BCUT2D eigenvalue weighted by atomic mass is 9.94. The molecule has 0 unspecified atom stereocenters. The zero-order valence-corrected chi connectivity index (χ0v) is 25.4. The first-order valence-electron chi connectivity index (χ1n) is 14.5. The Morgan fingerprint density at radius 2 is 1.81 bits per heavy atom. The molecule has 0 radical (unpaired) electrons. The number of nitrogens with zero attached hydrogens (tertiary/aromatic N) is 6. The second-order valence-corrected chi connectivity index (χ2v) is 11.6. The summed E-state index contributed by atoms with van der Waals surface area (Å²) in [5.74, 6) is -1.41. The lowest BCUT2D eigenvalue weighted by Gasteiger charge is -2.40. The molecule has 1 aromatic carbocycles. The number of carbonyl (C=O) groups is 1. The summed E-state index contributed by atoms with van der Waals surface area (Å²) in [6.07, 6.45) is 2.95. The third kappa shape index (κ3) is 5.30. The molecule has 224 valence electrons. The number of piperazine rings is 1. The summed E-state index contributed by atoms with van der Waals surface area (Å²) in [6.45, 7) is 16.2. The van der Waals surface area contributed by atoms with Crippen LogP contribution in [0, 0.1) is 18.6 Å². The predicted molar refractivity (Wildman–Crippen MR) is 165 cm³/mol. The SMILES string of the molecule is C=CC(=O)N1CCN(c2nc(=O)n(-c3c(C)ccnc3C(C)C)c3nc(-c4c(F)cccc4C(C)C)c(F)cc23)[C@@H](C)C1. The van der Waals surface area contributed by atoms with Crippen molar-refractivity contribution in [3.05, 3.63) is 88.1 Å². The van der Waals surface area contributed by atoms with E-state index in [1.165, 1.54) is 22.8 Å². The van der Waals surface area contributed by atoms with Crippen molar-refractivity contribution < 1.29 is 13.6 Å². The van der Waals surface area contributed by atoms with Gasteiger partial charge >= 0.3 is 5.69 Å². The van der Waals surface area contributed by atoms with E-state index in [4.69, 9.17) is 4.98 Å². The van der Waals surface area contributed by atoms with Gasteiger partial charge in [-0.15, -0.1) is 0 Å². The standard InChI is InChI=1S/C33H36F2N6O2/c1-8-26(42)39-14-15-40(21(7)17-39)31-23-16-25(35)29(27-22(18(2)3)10-9-11-24(27)34)37-32(23)41(33(43)38-31)30-20(6)12-13-36-28(30)19(4)5/h8-13,16,18-19,21H,1,14-15,17H2,2-7H3/t21-/m0/s1. The molecule has 1 atom stereocenters. The highest BCUT2D eigenvalue weighted by Gasteiger charge is 2.31. The number of pyridine rings is 2. The van der Waals surface area contributed by atoms with Crippen LogP contribution in [0.4, 0.5) is 14.6 Å². The van der Waals surface area contributed by atoms with Crippen LogP contribution in [0.2, 0.25) is 0 Å². The van der Waals surface area contributed by atoms with Gasteiger partial charge in [0.05, 0.1) is 16.8 Å². The molecule has 8 nitrogen and oxygen atoms in total. The van der Waals surface area contributed by atoms with Crippen LogP contribution in [0.25, 0.3) is 28.0 Å². The Bertz CT molecular complexity index is 1800. The first-order valence-corrected chi connectivity index (χ1v) is 14.5. The summed E-state index contributed by atoms with van der Waals surface area (Å²) in [4.78, 5) is 43.7. The van der Waals surface area contributed by atoms with Gasteiger partial charge in [0.2, 0.25) is 5.91 Å². The summed E-state index contributed by atoms with van der Waals surface area (Å²) >= 11 is 0. The normalized spacial score (nSPS) is 15.5. The molecule has 43 heavy (non-hydrogen) atoms. The number of benzene rings is 1. The molecule has 10 heteroatoms. The van der Waals surface area contributed by atoms with Crippen molar-refractivity contribution in [1.82, 2.24) is 24.4 Å². The molecular weight excluding hydrogens is 550 g/mol. The molecular formula is C33H36F2N6O2. The van der Waals surface area contributed by atoms with Crippen molar-refractivity contribution in [2.45, 2.75) is 59.4 Å². The Balaban J connectivity index is 1.85. The summed E-state index contributed by atoms with van der Waals surface area (Å²) < 4.78 is 33.0. The average molecular weight is 587 g/mol. The Labute approximate surface area is 249 Å². The Morgan fingerprint density at radius 1 is 1.07 bits per heavy atom. The van der Waals surface area contributed by atoms with Gasteiger partial charge in [-0.05, 0) is 61.1 Å². The first-order chi connectivity index (χ1) is 20.4. The number of halogens is 2. The molecule has 0 aliphatic carbocycles.